The zero-order valence-corrected chi connectivity index (χ0v) is 13.2. The van der Waals surface area contributed by atoms with E-state index in [1.54, 1.807) is 16.7 Å². The summed E-state index contributed by atoms with van der Waals surface area (Å²) in [5.74, 6) is 1.49. The van der Waals surface area contributed by atoms with Gasteiger partial charge in [-0.3, -0.25) is 4.79 Å². The van der Waals surface area contributed by atoms with Gasteiger partial charge >= 0.3 is 6.03 Å². The van der Waals surface area contributed by atoms with Crippen molar-refractivity contribution in [3.8, 4) is 11.5 Å². The van der Waals surface area contributed by atoms with E-state index in [-0.39, 0.29) is 18.0 Å². The van der Waals surface area contributed by atoms with Crippen LogP contribution in [0.4, 0.5) is 4.79 Å². The number of fused-ring (bicyclic) bond motifs is 1. The van der Waals surface area contributed by atoms with Gasteiger partial charge < -0.3 is 24.6 Å². The molecule has 2 heterocycles. The van der Waals surface area contributed by atoms with Crippen molar-refractivity contribution in [2.75, 3.05) is 39.3 Å². The Bertz CT molecular complexity index is 584. The topological polar surface area (TPSA) is 71.1 Å². The van der Waals surface area contributed by atoms with Crippen LogP contribution in [-0.2, 0) is 4.79 Å². The summed E-state index contributed by atoms with van der Waals surface area (Å²) in [4.78, 5) is 26.9. The Morgan fingerprint density at radius 2 is 1.78 bits per heavy atom. The van der Waals surface area contributed by atoms with Crippen molar-refractivity contribution < 1.29 is 19.1 Å². The molecule has 7 nitrogen and oxygen atoms in total. The molecule has 1 N–H and O–H groups in total. The number of nitrogens with zero attached hydrogens (tertiary/aromatic N) is 2. The smallest absolute Gasteiger partial charge is 0.317 e. The number of carbonyl (C=O) groups is 2. The predicted octanol–water partition coefficient (Wildman–Crippen LogP) is 0.700. The summed E-state index contributed by atoms with van der Waals surface area (Å²) >= 11 is 0. The van der Waals surface area contributed by atoms with Crippen LogP contribution in [0.25, 0.3) is 0 Å². The summed E-state index contributed by atoms with van der Waals surface area (Å²) in [5.41, 5.74) is 0. The van der Waals surface area contributed by atoms with E-state index in [1.807, 2.05) is 24.3 Å². The van der Waals surface area contributed by atoms with Gasteiger partial charge in [0.2, 0.25) is 5.91 Å². The molecule has 0 aromatic heterocycles. The fourth-order valence-corrected chi connectivity index (χ4v) is 2.70. The van der Waals surface area contributed by atoms with Gasteiger partial charge in [-0.15, -0.1) is 0 Å². The van der Waals surface area contributed by atoms with Crippen molar-refractivity contribution in [2.24, 2.45) is 0 Å². The monoisotopic (exact) mass is 319 g/mol. The van der Waals surface area contributed by atoms with E-state index < -0.39 is 0 Å². The summed E-state index contributed by atoms with van der Waals surface area (Å²) in [7, 11) is 0. The normalized spacial score (nSPS) is 20.1. The Morgan fingerprint density at radius 3 is 2.48 bits per heavy atom. The van der Waals surface area contributed by atoms with E-state index in [1.165, 1.54) is 0 Å². The van der Waals surface area contributed by atoms with E-state index >= 15 is 0 Å². The van der Waals surface area contributed by atoms with Crippen molar-refractivity contribution in [3.05, 3.63) is 24.3 Å². The molecule has 0 bridgehead atoms. The molecule has 1 aromatic rings. The zero-order valence-electron chi connectivity index (χ0n) is 13.2. The van der Waals surface area contributed by atoms with Crippen LogP contribution in [0.5, 0.6) is 11.5 Å². The van der Waals surface area contributed by atoms with Crippen molar-refractivity contribution >= 4 is 11.9 Å². The Kier molecular flexibility index (Phi) is 4.55. The minimum Gasteiger partial charge on any atom is -0.486 e. The predicted molar refractivity (Wildman–Crippen MR) is 83.6 cm³/mol. The van der Waals surface area contributed by atoms with Crippen LogP contribution < -0.4 is 14.8 Å². The first-order valence-corrected chi connectivity index (χ1v) is 7.80. The number of carbonyl (C=O) groups excluding carboxylic acids is 2. The highest BCUT2D eigenvalue weighted by Gasteiger charge is 2.25. The van der Waals surface area contributed by atoms with Gasteiger partial charge in [0.25, 0.3) is 0 Å². The number of amides is 3. The summed E-state index contributed by atoms with van der Waals surface area (Å²) in [6, 6.07) is 7.36. The van der Waals surface area contributed by atoms with Crippen LogP contribution in [0.15, 0.2) is 24.3 Å². The third-order valence-corrected chi connectivity index (χ3v) is 4.06. The minimum atomic E-state index is -0.202. The summed E-state index contributed by atoms with van der Waals surface area (Å²) in [5, 5.41) is 2.88. The first kappa shape index (κ1) is 15.5. The Morgan fingerprint density at radius 1 is 1.13 bits per heavy atom. The highest BCUT2D eigenvalue weighted by molar-refractivity contribution is 5.76. The SMILES string of the molecule is CC(=O)N1CCN(C(=O)NC[C@@H]2COc3ccccc3O2)CC1. The highest BCUT2D eigenvalue weighted by Crippen LogP contribution is 2.30. The average molecular weight is 319 g/mol. The van der Waals surface area contributed by atoms with Gasteiger partial charge in [0, 0.05) is 33.1 Å². The Hall–Kier alpha value is -2.44. The maximum Gasteiger partial charge on any atom is 0.317 e. The maximum atomic E-state index is 12.2. The summed E-state index contributed by atoms with van der Waals surface area (Å²) in [6.07, 6.45) is -0.202. The molecule has 1 saturated heterocycles. The van der Waals surface area contributed by atoms with Gasteiger partial charge in [-0.05, 0) is 12.1 Å². The molecule has 1 aromatic carbocycles. The molecule has 1 atom stereocenters. The first-order valence-electron chi connectivity index (χ1n) is 7.80. The zero-order chi connectivity index (χ0) is 16.2. The summed E-state index contributed by atoms with van der Waals surface area (Å²) < 4.78 is 11.4. The van der Waals surface area contributed by atoms with Crippen molar-refractivity contribution in [2.45, 2.75) is 13.0 Å². The van der Waals surface area contributed by atoms with Crippen LogP contribution in [-0.4, -0.2) is 67.2 Å². The number of hydrogen-bond donors (Lipinski definition) is 1. The van der Waals surface area contributed by atoms with Crippen LogP contribution in [0.2, 0.25) is 0 Å². The van der Waals surface area contributed by atoms with E-state index in [0.717, 1.165) is 5.75 Å². The Labute approximate surface area is 135 Å². The minimum absolute atomic E-state index is 0.0523. The quantitative estimate of drug-likeness (QED) is 0.871. The number of piperazine rings is 1. The molecular weight excluding hydrogens is 298 g/mol. The number of rotatable bonds is 2. The third kappa shape index (κ3) is 3.67. The van der Waals surface area contributed by atoms with Crippen LogP contribution in [0.3, 0.4) is 0 Å². The molecule has 0 unspecified atom stereocenters. The molecule has 0 radical (unpaired) electrons. The van der Waals surface area contributed by atoms with Crippen molar-refractivity contribution in [1.29, 1.82) is 0 Å². The van der Waals surface area contributed by atoms with Crippen molar-refractivity contribution in [3.63, 3.8) is 0 Å². The molecule has 124 valence electrons. The lowest BCUT2D eigenvalue weighted by molar-refractivity contribution is -0.130. The fraction of sp³-hybridized carbons (Fsp3) is 0.500. The lowest BCUT2D eigenvalue weighted by Crippen LogP contribution is -2.54. The second-order valence-electron chi connectivity index (χ2n) is 5.68. The van der Waals surface area contributed by atoms with Gasteiger partial charge in [0.1, 0.15) is 6.61 Å². The molecule has 2 aliphatic heterocycles. The van der Waals surface area contributed by atoms with Crippen LogP contribution in [0, 0.1) is 0 Å². The number of nitrogens with one attached hydrogen (secondary N) is 1. The molecule has 2 aliphatic rings. The number of benzene rings is 1. The molecule has 23 heavy (non-hydrogen) atoms. The van der Waals surface area contributed by atoms with Gasteiger partial charge in [0.15, 0.2) is 17.6 Å². The van der Waals surface area contributed by atoms with Gasteiger partial charge in [-0.2, -0.15) is 0 Å². The highest BCUT2D eigenvalue weighted by atomic mass is 16.6. The second kappa shape index (κ2) is 6.76. The second-order valence-corrected chi connectivity index (χ2v) is 5.68. The van der Waals surface area contributed by atoms with Crippen molar-refractivity contribution in [1.82, 2.24) is 15.1 Å². The number of hydrogen-bond acceptors (Lipinski definition) is 4. The van der Waals surface area contributed by atoms with Gasteiger partial charge in [0.05, 0.1) is 6.54 Å². The van der Waals surface area contributed by atoms with E-state index in [0.29, 0.717) is 45.1 Å². The molecular formula is C16H21N3O4. The standard InChI is InChI=1S/C16H21N3O4/c1-12(20)18-6-8-19(9-7-18)16(21)17-10-13-11-22-14-4-2-3-5-15(14)23-13/h2-5,13H,6-11H2,1H3,(H,17,21)/t13-/m1/s1. The van der Waals surface area contributed by atoms with E-state index in [2.05, 4.69) is 5.32 Å². The molecule has 0 saturated carbocycles. The maximum absolute atomic E-state index is 12.2. The third-order valence-electron chi connectivity index (χ3n) is 4.06. The molecule has 3 amide bonds. The molecule has 1 fully saturated rings. The number of urea groups is 1. The lowest BCUT2D eigenvalue weighted by atomic mass is 10.2. The Balaban J connectivity index is 1.44. The number of ether oxygens (including phenoxy) is 2. The number of para-hydroxylation sites is 2. The largest absolute Gasteiger partial charge is 0.486 e. The van der Waals surface area contributed by atoms with E-state index in [9.17, 15) is 9.59 Å². The lowest BCUT2D eigenvalue weighted by Gasteiger charge is -2.34. The molecule has 7 heteroatoms. The van der Waals surface area contributed by atoms with Crippen LogP contribution >= 0.6 is 0 Å². The van der Waals surface area contributed by atoms with Crippen LogP contribution in [0.1, 0.15) is 6.92 Å². The molecule has 0 spiro atoms. The average Bonchev–Trinajstić information content (AvgIpc) is 2.59. The molecule has 3 rings (SSSR count). The van der Waals surface area contributed by atoms with Gasteiger partial charge in [-0.1, -0.05) is 12.1 Å². The van der Waals surface area contributed by atoms with Gasteiger partial charge in [-0.25, -0.2) is 4.79 Å². The van der Waals surface area contributed by atoms with E-state index in [4.69, 9.17) is 9.47 Å². The fourth-order valence-electron chi connectivity index (χ4n) is 2.70. The summed E-state index contributed by atoms with van der Waals surface area (Å²) in [6.45, 7) is 4.62. The molecule has 0 aliphatic carbocycles. The first-order chi connectivity index (χ1) is 11.1.